The molecule has 1 amide bonds. The first-order valence-electron chi connectivity index (χ1n) is 12.7. The van der Waals surface area contributed by atoms with Crippen molar-refractivity contribution in [3.8, 4) is 0 Å². The quantitative estimate of drug-likeness (QED) is 0.642. The summed E-state index contributed by atoms with van der Waals surface area (Å²) in [5.74, 6) is -0.00873. The van der Waals surface area contributed by atoms with E-state index < -0.39 is 0 Å². The van der Waals surface area contributed by atoms with E-state index in [2.05, 4.69) is 26.6 Å². The van der Waals surface area contributed by atoms with Gasteiger partial charge in [-0.1, -0.05) is 24.6 Å². The van der Waals surface area contributed by atoms with Crippen molar-refractivity contribution in [2.45, 2.75) is 69.7 Å². The third-order valence-electron chi connectivity index (χ3n) is 7.57. The second-order valence-electron chi connectivity index (χ2n) is 10.1. The summed E-state index contributed by atoms with van der Waals surface area (Å²) in [4.78, 5) is 19.0. The molecule has 4 heterocycles. The van der Waals surface area contributed by atoms with Crippen molar-refractivity contribution in [2.24, 2.45) is 0 Å². The normalized spacial score (nSPS) is 23.7. The second-order valence-corrected chi connectivity index (χ2v) is 11.1. The predicted molar refractivity (Wildman–Crippen MR) is 134 cm³/mol. The second kappa shape index (κ2) is 10.7. The Morgan fingerprint density at radius 1 is 1.00 bits per heavy atom. The first kappa shape index (κ1) is 23.0. The van der Waals surface area contributed by atoms with Gasteiger partial charge in [0.2, 0.25) is 0 Å². The number of piperidine rings is 2. The molecule has 1 aromatic carbocycles. The van der Waals surface area contributed by atoms with E-state index in [1.165, 1.54) is 42.8 Å². The van der Waals surface area contributed by atoms with Crippen molar-refractivity contribution >= 4 is 17.2 Å². The minimum atomic E-state index is -0.00873. The van der Waals surface area contributed by atoms with Crippen molar-refractivity contribution in [3.63, 3.8) is 0 Å². The Labute approximate surface area is 202 Å². The van der Waals surface area contributed by atoms with E-state index in [-0.39, 0.29) is 17.6 Å². The van der Waals surface area contributed by atoms with Gasteiger partial charge in [-0.2, -0.15) is 0 Å². The minimum Gasteiger partial charge on any atom is -0.370 e. The van der Waals surface area contributed by atoms with Crippen LogP contribution in [-0.4, -0.2) is 60.1 Å². The molecule has 5 nitrogen and oxygen atoms in total. The number of nitrogens with one attached hydrogen (secondary N) is 1. The largest absolute Gasteiger partial charge is 0.370 e. The summed E-state index contributed by atoms with van der Waals surface area (Å²) in [7, 11) is 0. The number of carbonyl (C=O) groups excluding carboxylic acids is 1. The lowest BCUT2D eigenvalue weighted by Gasteiger charge is -2.39. The van der Waals surface area contributed by atoms with Crippen molar-refractivity contribution < 1.29 is 9.53 Å². The van der Waals surface area contributed by atoms with Gasteiger partial charge in [-0.25, -0.2) is 0 Å². The molecule has 1 N–H and O–H groups in total. The number of hydrogen-bond donors (Lipinski definition) is 1. The number of nitrogens with zero attached hydrogens (tertiary/aromatic N) is 2. The zero-order chi connectivity index (χ0) is 22.5. The van der Waals surface area contributed by atoms with Crippen molar-refractivity contribution in [3.05, 3.63) is 57.8 Å². The van der Waals surface area contributed by atoms with E-state index in [1.54, 1.807) is 0 Å². The zero-order valence-corrected chi connectivity index (χ0v) is 20.5. The lowest BCUT2D eigenvalue weighted by atomic mass is 9.88. The molecule has 178 valence electrons. The van der Waals surface area contributed by atoms with Crippen LogP contribution in [0.2, 0.25) is 0 Å². The van der Waals surface area contributed by atoms with Gasteiger partial charge < -0.3 is 10.1 Å². The van der Waals surface area contributed by atoms with Crippen LogP contribution in [0.5, 0.6) is 0 Å². The van der Waals surface area contributed by atoms with Crippen molar-refractivity contribution in [1.29, 1.82) is 0 Å². The Morgan fingerprint density at radius 2 is 1.76 bits per heavy atom. The van der Waals surface area contributed by atoms with Crippen LogP contribution in [0.15, 0.2) is 41.8 Å². The molecule has 33 heavy (non-hydrogen) atoms. The number of amides is 1. The Bertz CT molecular complexity index is 901. The number of rotatable bonds is 7. The summed E-state index contributed by atoms with van der Waals surface area (Å²) in [6.45, 7) is 7.51. The number of thiophene rings is 1. The van der Waals surface area contributed by atoms with Crippen LogP contribution in [0.3, 0.4) is 0 Å². The first-order chi connectivity index (χ1) is 16.2. The highest BCUT2D eigenvalue weighted by Crippen LogP contribution is 2.39. The molecule has 3 aliphatic rings. The summed E-state index contributed by atoms with van der Waals surface area (Å²) in [6, 6.07) is 11.9. The fourth-order valence-corrected chi connectivity index (χ4v) is 6.53. The molecule has 6 heteroatoms. The Hall–Kier alpha value is -1.73. The zero-order valence-electron chi connectivity index (χ0n) is 19.6. The Morgan fingerprint density at radius 3 is 2.55 bits per heavy atom. The summed E-state index contributed by atoms with van der Waals surface area (Å²) in [5, 5.41) is 5.42. The van der Waals surface area contributed by atoms with Crippen molar-refractivity contribution in [2.75, 3.05) is 32.7 Å². The van der Waals surface area contributed by atoms with Gasteiger partial charge in [0.25, 0.3) is 5.91 Å². The van der Waals surface area contributed by atoms with Crippen LogP contribution in [0, 0.1) is 0 Å². The standard InChI is InChI=1S/C27H37N3O2S/c31-26(23-7-3-1-4-8-23)28-18-24-9-10-27(32-24)11-15-30(16-12-27)20-25-17-22(21-33-25)19-29-13-5-2-6-14-29/h1,3-4,7-8,17,21,24H,2,5-6,9-16,18-20H2,(H,28,31). The summed E-state index contributed by atoms with van der Waals surface area (Å²) in [5.41, 5.74) is 2.23. The highest BCUT2D eigenvalue weighted by atomic mass is 32.1. The van der Waals surface area contributed by atoms with E-state index in [1.807, 2.05) is 41.7 Å². The third kappa shape index (κ3) is 6.04. The fraction of sp³-hybridized carbons (Fsp3) is 0.593. The van der Waals surface area contributed by atoms with Gasteiger partial charge in [0.15, 0.2) is 0 Å². The highest BCUT2D eigenvalue weighted by Gasteiger charge is 2.42. The molecule has 0 aliphatic carbocycles. The molecule has 5 rings (SSSR count). The molecule has 3 aliphatic heterocycles. The lowest BCUT2D eigenvalue weighted by molar-refractivity contribution is -0.0763. The number of benzene rings is 1. The van der Waals surface area contributed by atoms with Crippen LogP contribution >= 0.6 is 11.3 Å². The molecule has 1 aromatic heterocycles. The summed E-state index contributed by atoms with van der Waals surface area (Å²) >= 11 is 1.92. The van der Waals surface area contributed by atoms with Gasteiger partial charge in [0, 0.05) is 43.2 Å². The molecule has 1 spiro atoms. The molecule has 0 bridgehead atoms. The monoisotopic (exact) mass is 467 g/mol. The van der Waals surface area contributed by atoms with E-state index in [0.717, 1.165) is 51.9 Å². The molecule has 0 saturated carbocycles. The molecule has 2 aromatic rings. The molecule has 3 fully saturated rings. The summed E-state index contributed by atoms with van der Waals surface area (Å²) < 4.78 is 6.52. The molecule has 0 radical (unpaired) electrons. The van der Waals surface area contributed by atoms with Gasteiger partial charge in [-0.05, 0) is 80.8 Å². The Balaban J connectivity index is 1.04. The Kier molecular flexibility index (Phi) is 7.46. The van der Waals surface area contributed by atoms with Crippen LogP contribution in [0.4, 0.5) is 0 Å². The average Bonchev–Trinajstić information content (AvgIpc) is 3.47. The number of hydrogen-bond acceptors (Lipinski definition) is 5. The minimum absolute atomic E-state index is 0.00873. The van der Waals surface area contributed by atoms with Crippen LogP contribution in [0.25, 0.3) is 0 Å². The van der Waals surface area contributed by atoms with Crippen LogP contribution in [-0.2, 0) is 17.8 Å². The molecule has 3 saturated heterocycles. The molecule has 1 atom stereocenters. The molecule has 1 unspecified atom stereocenters. The molecular formula is C27H37N3O2S. The fourth-order valence-electron chi connectivity index (χ4n) is 5.61. The average molecular weight is 468 g/mol. The third-order valence-corrected chi connectivity index (χ3v) is 8.54. The van der Waals surface area contributed by atoms with Crippen LogP contribution < -0.4 is 5.32 Å². The highest BCUT2D eigenvalue weighted by molar-refractivity contribution is 7.10. The van der Waals surface area contributed by atoms with Gasteiger partial charge in [-0.3, -0.25) is 14.6 Å². The lowest BCUT2D eigenvalue weighted by Crippen LogP contribution is -2.44. The number of ether oxygens (including phenoxy) is 1. The topological polar surface area (TPSA) is 44.8 Å². The van der Waals surface area contributed by atoms with E-state index >= 15 is 0 Å². The van der Waals surface area contributed by atoms with Gasteiger partial charge in [0.05, 0.1) is 11.7 Å². The van der Waals surface area contributed by atoms with Crippen molar-refractivity contribution in [1.82, 2.24) is 15.1 Å². The van der Waals surface area contributed by atoms with Gasteiger partial charge in [0.1, 0.15) is 0 Å². The number of likely N-dealkylation sites (tertiary alicyclic amines) is 2. The predicted octanol–water partition coefficient (Wildman–Crippen LogP) is 4.68. The maximum Gasteiger partial charge on any atom is 0.251 e. The maximum atomic E-state index is 12.3. The first-order valence-corrected chi connectivity index (χ1v) is 13.6. The van der Waals surface area contributed by atoms with Crippen LogP contribution in [0.1, 0.15) is 65.7 Å². The van der Waals surface area contributed by atoms with Gasteiger partial charge in [-0.15, -0.1) is 11.3 Å². The van der Waals surface area contributed by atoms with E-state index in [0.29, 0.717) is 12.1 Å². The van der Waals surface area contributed by atoms with E-state index in [4.69, 9.17) is 4.74 Å². The molecular weight excluding hydrogens is 430 g/mol. The summed E-state index contributed by atoms with van der Waals surface area (Å²) in [6.07, 6.45) is 8.60. The van der Waals surface area contributed by atoms with Gasteiger partial charge >= 0.3 is 0 Å². The number of carbonyl (C=O) groups is 1. The maximum absolute atomic E-state index is 12.3. The van der Waals surface area contributed by atoms with E-state index in [9.17, 15) is 4.79 Å². The smallest absolute Gasteiger partial charge is 0.251 e. The SMILES string of the molecule is O=C(NCC1CCC2(CCN(Cc3cc(CN4CCCCC4)cs3)CC2)O1)c1ccccc1.